The number of aryl methyl sites for hydroxylation is 2. The van der Waals surface area contributed by atoms with Crippen molar-refractivity contribution < 1.29 is 14.3 Å². The minimum Gasteiger partial charge on any atom is -0.462 e. The topological polar surface area (TPSA) is 68.3 Å². The number of nitrogens with zero attached hydrogens (tertiary/aromatic N) is 1. The van der Waals surface area contributed by atoms with Crippen molar-refractivity contribution in [2.24, 2.45) is 0 Å². The molecule has 5 nitrogen and oxygen atoms in total. The number of carbonyl (C=O) groups excluding carboxylic acids is 2. The molecule has 0 aliphatic carbocycles. The fourth-order valence-electron chi connectivity index (χ4n) is 1.90. The molecule has 22 heavy (non-hydrogen) atoms. The van der Waals surface area contributed by atoms with Crippen LogP contribution in [0.25, 0.3) is 0 Å². The van der Waals surface area contributed by atoms with Gasteiger partial charge in [0.25, 0.3) is 5.91 Å². The third kappa shape index (κ3) is 3.71. The minimum absolute atomic E-state index is 0.244. The van der Waals surface area contributed by atoms with Gasteiger partial charge in [-0.25, -0.2) is 9.78 Å². The summed E-state index contributed by atoms with van der Waals surface area (Å²) in [6.07, 6.45) is 0.927. The highest BCUT2D eigenvalue weighted by Crippen LogP contribution is 2.24. The maximum absolute atomic E-state index is 12.2. The molecule has 1 aromatic carbocycles. The first-order valence-corrected chi connectivity index (χ1v) is 7.91. The zero-order valence-electron chi connectivity index (χ0n) is 12.8. The fraction of sp³-hybridized carbons (Fsp3) is 0.312. The summed E-state index contributed by atoms with van der Waals surface area (Å²) in [5.74, 6) is -0.655. The predicted octanol–water partition coefficient (Wildman–Crippen LogP) is 3.44. The average Bonchev–Trinajstić information content (AvgIpc) is 2.88. The second-order valence-corrected chi connectivity index (χ2v) is 5.66. The summed E-state index contributed by atoms with van der Waals surface area (Å²) >= 11 is 1.12. The Morgan fingerprint density at radius 3 is 2.50 bits per heavy atom. The Morgan fingerprint density at radius 2 is 1.91 bits per heavy atom. The van der Waals surface area contributed by atoms with Crippen molar-refractivity contribution in [3.8, 4) is 0 Å². The summed E-state index contributed by atoms with van der Waals surface area (Å²) in [7, 11) is 0. The number of benzene rings is 1. The van der Waals surface area contributed by atoms with Crippen LogP contribution in [0.3, 0.4) is 0 Å². The molecule has 1 heterocycles. The molecule has 1 amide bonds. The van der Waals surface area contributed by atoms with E-state index >= 15 is 0 Å². The van der Waals surface area contributed by atoms with Gasteiger partial charge in [0.15, 0.2) is 5.13 Å². The van der Waals surface area contributed by atoms with E-state index in [2.05, 4.69) is 17.2 Å². The van der Waals surface area contributed by atoms with E-state index in [9.17, 15) is 9.59 Å². The van der Waals surface area contributed by atoms with E-state index in [1.54, 1.807) is 26.0 Å². The lowest BCUT2D eigenvalue weighted by Crippen LogP contribution is -2.11. The van der Waals surface area contributed by atoms with Gasteiger partial charge >= 0.3 is 5.97 Å². The zero-order valence-corrected chi connectivity index (χ0v) is 13.6. The van der Waals surface area contributed by atoms with Crippen LogP contribution in [-0.2, 0) is 11.2 Å². The fourth-order valence-corrected chi connectivity index (χ4v) is 2.75. The number of carbonyl (C=O) groups is 2. The van der Waals surface area contributed by atoms with Crippen LogP contribution >= 0.6 is 11.3 Å². The van der Waals surface area contributed by atoms with Crippen molar-refractivity contribution in [3.63, 3.8) is 0 Å². The van der Waals surface area contributed by atoms with E-state index < -0.39 is 5.97 Å². The molecule has 0 aliphatic rings. The number of nitrogens with one attached hydrogen (secondary N) is 1. The third-order valence-corrected chi connectivity index (χ3v) is 4.16. The number of ether oxygens (including phenoxy) is 1. The number of rotatable bonds is 5. The summed E-state index contributed by atoms with van der Waals surface area (Å²) in [4.78, 5) is 28.5. The van der Waals surface area contributed by atoms with Crippen LogP contribution in [0.1, 0.15) is 45.1 Å². The number of esters is 1. The molecule has 0 fully saturated rings. The van der Waals surface area contributed by atoms with E-state index in [1.807, 2.05) is 12.1 Å². The standard InChI is InChI=1S/C16H18N2O3S/c1-4-11-6-8-12(9-7-11)14(19)18-16-17-10(3)13(22-16)15(20)21-5-2/h6-9H,4-5H2,1-3H3,(H,17,18,19). The average molecular weight is 318 g/mol. The highest BCUT2D eigenvalue weighted by molar-refractivity contribution is 7.17. The van der Waals surface area contributed by atoms with Gasteiger partial charge in [0.1, 0.15) is 4.88 Å². The number of anilines is 1. The molecule has 0 aliphatic heterocycles. The molecule has 0 saturated heterocycles. The highest BCUT2D eigenvalue weighted by atomic mass is 32.1. The van der Waals surface area contributed by atoms with Crippen LogP contribution < -0.4 is 5.32 Å². The monoisotopic (exact) mass is 318 g/mol. The molecule has 0 unspecified atom stereocenters. The SMILES string of the molecule is CCOC(=O)c1sc(NC(=O)c2ccc(CC)cc2)nc1C. The second-order valence-electron chi connectivity index (χ2n) is 4.66. The second kappa shape index (κ2) is 7.17. The molecule has 2 rings (SSSR count). The van der Waals surface area contributed by atoms with Gasteiger partial charge in [0.2, 0.25) is 0 Å². The number of hydrogen-bond donors (Lipinski definition) is 1. The van der Waals surface area contributed by atoms with E-state index in [0.717, 1.165) is 17.8 Å². The molecule has 0 saturated carbocycles. The summed E-state index contributed by atoms with van der Waals surface area (Å²) < 4.78 is 4.96. The van der Waals surface area contributed by atoms with Crippen molar-refractivity contribution in [2.75, 3.05) is 11.9 Å². The van der Waals surface area contributed by atoms with Crippen molar-refractivity contribution >= 4 is 28.3 Å². The Morgan fingerprint density at radius 1 is 1.23 bits per heavy atom. The Hall–Kier alpha value is -2.21. The van der Waals surface area contributed by atoms with Crippen LogP contribution in [0, 0.1) is 6.92 Å². The lowest BCUT2D eigenvalue weighted by Gasteiger charge is -2.02. The largest absolute Gasteiger partial charge is 0.462 e. The van der Waals surface area contributed by atoms with Gasteiger partial charge in [-0.1, -0.05) is 30.4 Å². The van der Waals surface area contributed by atoms with Gasteiger partial charge in [-0.15, -0.1) is 0 Å². The molecule has 1 N–H and O–H groups in total. The van der Waals surface area contributed by atoms with Gasteiger partial charge in [0.05, 0.1) is 12.3 Å². The molecule has 2 aromatic rings. The highest BCUT2D eigenvalue weighted by Gasteiger charge is 2.17. The Labute approximate surface area is 133 Å². The van der Waals surface area contributed by atoms with E-state index in [0.29, 0.717) is 27.9 Å². The first-order valence-electron chi connectivity index (χ1n) is 7.10. The van der Waals surface area contributed by atoms with Crippen LogP contribution in [0.5, 0.6) is 0 Å². The van der Waals surface area contributed by atoms with Crippen molar-refractivity contribution in [1.82, 2.24) is 4.98 Å². The lowest BCUT2D eigenvalue weighted by molar-refractivity contribution is 0.0531. The molecule has 1 aromatic heterocycles. The summed E-state index contributed by atoms with van der Waals surface area (Å²) in [5, 5.41) is 3.11. The van der Waals surface area contributed by atoms with E-state index in [-0.39, 0.29) is 5.91 Å². The summed E-state index contributed by atoms with van der Waals surface area (Å²) in [6.45, 7) is 5.83. The van der Waals surface area contributed by atoms with Gasteiger partial charge in [0, 0.05) is 5.56 Å². The van der Waals surface area contributed by atoms with Crippen molar-refractivity contribution in [2.45, 2.75) is 27.2 Å². The molecule has 0 atom stereocenters. The number of thiazole rings is 1. The minimum atomic E-state index is -0.412. The van der Waals surface area contributed by atoms with Crippen LogP contribution in [0.4, 0.5) is 5.13 Å². The smallest absolute Gasteiger partial charge is 0.350 e. The van der Waals surface area contributed by atoms with Crippen molar-refractivity contribution in [3.05, 3.63) is 46.0 Å². The van der Waals surface area contributed by atoms with Gasteiger partial charge in [-0.2, -0.15) is 0 Å². The third-order valence-electron chi connectivity index (χ3n) is 3.10. The maximum atomic E-state index is 12.2. The molecular weight excluding hydrogens is 300 g/mol. The maximum Gasteiger partial charge on any atom is 0.350 e. The first-order chi connectivity index (χ1) is 10.5. The zero-order chi connectivity index (χ0) is 16.1. The number of aromatic nitrogens is 1. The van der Waals surface area contributed by atoms with Crippen molar-refractivity contribution in [1.29, 1.82) is 0 Å². The number of hydrogen-bond acceptors (Lipinski definition) is 5. The summed E-state index contributed by atoms with van der Waals surface area (Å²) in [5.41, 5.74) is 2.29. The Bertz CT molecular complexity index is 677. The quantitative estimate of drug-likeness (QED) is 0.857. The predicted molar refractivity (Wildman–Crippen MR) is 86.6 cm³/mol. The van der Waals surface area contributed by atoms with E-state index in [4.69, 9.17) is 4.74 Å². The van der Waals surface area contributed by atoms with Crippen LogP contribution in [0.15, 0.2) is 24.3 Å². The molecule has 0 bridgehead atoms. The van der Waals surface area contributed by atoms with Crippen LogP contribution in [-0.4, -0.2) is 23.5 Å². The molecule has 6 heteroatoms. The number of amides is 1. The van der Waals surface area contributed by atoms with E-state index in [1.165, 1.54) is 5.56 Å². The Balaban J connectivity index is 2.11. The van der Waals surface area contributed by atoms with Crippen LogP contribution in [0.2, 0.25) is 0 Å². The van der Waals surface area contributed by atoms with Gasteiger partial charge in [-0.05, 0) is 38.0 Å². The summed E-state index contributed by atoms with van der Waals surface area (Å²) in [6, 6.07) is 7.40. The Kier molecular flexibility index (Phi) is 5.27. The molecule has 0 spiro atoms. The molecule has 0 radical (unpaired) electrons. The molecular formula is C16H18N2O3S. The molecule has 116 valence electrons. The lowest BCUT2D eigenvalue weighted by atomic mass is 10.1. The van der Waals surface area contributed by atoms with Gasteiger partial charge in [-0.3, -0.25) is 10.1 Å². The normalized spacial score (nSPS) is 10.3. The van der Waals surface area contributed by atoms with Gasteiger partial charge < -0.3 is 4.74 Å². The first kappa shape index (κ1) is 16.2.